The van der Waals surface area contributed by atoms with Crippen LogP contribution >= 0.6 is 0 Å². The molecular formula is C29H31NO6. The Balaban J connectivity index is 1.79. The average Bonchev–Trinajstić information content (AvgIpc) is 3.47. The first-order valence-corrected chi connectivity index (χ1v) is 11.9. The summed E-state index contributed by atoms with van der Waals surface area (Å²) >= 11 is 0. The van der Waals surface area contributed by atoms with Crippen LogP contribution in [-0.4, -0.2) is 35.4 Å². The summed E-state index contributed by atoms with van der Waals surface area (Å²) in [5.74, 6) is 0.0883. The molecule has 0 spiro atoms. The number of aliphatic hydroxyl groups excluding tert-OH is 1. The Bertz CT molecular complexity index is 1280. The molecule has 1 saturated heterocycles. The molecule has 1 unspecified atom stereocenters. The Morgan fingerprint density at radius 2 is 1.81 bits per heavy atom. The van der Waals surface area contributed by atoms with Crippen LogP contribution in [0.4, 0.5) is 0 Å². The lowest BCUT2D eigenvalue weighted by Gasteiger charge is -2.24. The highest BCUT2D eigenvalue weighted by atomic mass is 16.5. The topological polar surface area (TPSA) is 89.2 Å². The van der Waals surface area contributed by atoms with Crippen molar-refractivity contribution in [3.63, 3.8) is 0 Å². The number of nitrogens with zero attached hydrogens (tertiary/aromatic N) is 1. The van der Waals surface area contributed by atoms with Gasteiger partial charge in [-0.05, 0) is 60.4 Å². The molecule has 188 valence electrons. The zero-order chi connectivity index (χ0) is 26.0. The highest BCUT2D eigenvalue weighted by Crippen LogP contribution is 2.42. The van der Waals surface area contributed by atoms with Crippen LogP contribution in [0, 0.1) is 0 Å². The summed E-state index contributed by atoms with van der Waals surface area (Å²) in [6, 6.07) is 15.1. The Hall–Kier alpha value is -4.00. The van der Waals surface area contributed by atoms with E-state index in [1.54, 1.807) is 37.4 Å². The fraction of sp³-hybridized carbons (Fsp3) is 0.310. The Kier molecular flexibility index (Phi) is 6.93. The van der Waals surface area contributed by atoms with Gasteiger partial charge < -0.3 is 23.9 Å². The first-order valence-electron chi connectivity index (χ1n) is 11.9. The molecule has 0 radical (unpaired) electrons. The van der Waals surface area contributed by atoms with Crippen LogP contribution in [0.5, 0.6) is 11.5 Å². The summed E-state index contributed by atoms with van der Waals surface area (Å²) in [6.45, 7) is 8.72. The minimum Gasteiger partial charge on any atom is -0.507 e. The second-order valence-corrected chi connectivity index (χ2v) is 9.68. The van der Waals surface area contributed by atoms with Crippen LogP contribution in [0.2, 0.25) is 0 Å². The van der Waals surface area contributed by atoms with Gasteiger partial charge in [0, 0.05) is 17.7 Å². The second kappa shape index (κ2) is 9.93. The summed E-state index contributed by atoms with van der Waals surface area (Å²) in [5.41, 5.74) is 1.83. The first-order chi connectivity index (χ1) is 17.2. The lowest BCUT2D eigenvalue weighted by Crippen LogP contribution is -2.29. The van der Waals surface area contributed by atoms with Crippen LogP contribution in [-0.2, 0) is 21.5 Å². The molecule has 36 heavy (non-hydrogen) atoms. The molecule has 2 aromatic carbocycles. The van der Waals surface area contributed by atoms with Crippen LogP contribution in [0.3, 0.4) is 0 Å². The third-order valence-electron chi connectivity index (χ3n) is 6.22. The number of likely N-dealkylation sites (tertiary alicyclic amines) is 1. The van der Waals surface area contributed by atoms with Gasteiger partial charge in [0.1, 0.15) is 29.1 Å². The van der Waals surface area contributed by atoms with Crippen molar-refractivity contribution in [3.05, 3.63) is 88.9 Å². The number of hydrogen-bond donors (Lipinski definition) is 1. The summed E-state index contributed by atoms with van der Waals surface area (Å²) in [7, 11) is 1.59. The van der Waals surface area contributed by atoms with Gasteiger partial charge in [0.2, 0.25) is 0 Å². The van der Waals surface area contributed by atoms with Gasteiger partial charge >= 0.3 is 0 Å². The lowest BCUT2D eigenvalue weighted by molar-refractivity contribution is -0.140. The van der Waals surface area contributed by atoms with Gasteiger partial charge in [-0.1, -0.05) is 32.9 Å². The van der Waals surface area contributed by atoms with Crippen molar-refractivity contribution in [2.24, 2.45) is 0 Å². The second-order valence-electron chi connectivity index (χ2n) is 9.68. The van der Waals surface area contributed by atoms with Gasteiger partial charge in [0.15, 0.2) is 0 Å². The van der Waals surface area contributed by atoms with Crippen LogP contribution in [0.25, 0.3) is 5.76 Å². The zero-order valence-corrected chi connectivity index (χ0v) is 21.2. The number of carbonyl (C=O) groups excluding carboxylic acids is 2. The van der Waals surface area contributed by atoms with E-state index < -0.39 is 17.7 Å². The Morgan fingerprint density at radius 1 is 1.08 bits per heavy atom. The van der Waals surface area contributed by atoms with E-state index in [-0.39, 0.29) is 23.3 Å². The molecular weight excluding hydrogens is 458 g/mol. The van der Waals surface area contributed by atoms with Gasteiger partial charge in [-0.25, -0.2) is 0 Å². The number of carbonyl (C=O) groups is 2. The third kappa shape index (κ3) is 4.73. The average molecular weight is 490 g/mol. The molecule has 1 fully saturated rings. The van der Waals surface area contributed by atoms with Crippen molar-refractivity contribution in [3.8, 4) is 11.5 Å². The van der Waals surface area contributed by atoms with E-state index in [0.29, 0.717) is 23.7 Å². The van der Waals surface area contributed by atoms with Crippen LogP contribution in [0.1, 0.15) is 56.2 Å². The maximum absolute atomic E-state index is 13.3. The number of benzene rings is 2. The maximum Gasteiger partial charge on any atom is 0.296 e. The molecule has 1 aliphatic rings. The number of hydrogen-bond acceptors (Lipinski definition) is 6. The highest BCUT2D eigenvalue weighted by Gasteiger charge is 2.47. The van der Waals surface area contributed by atoms with Gasteiger partial charge in [0.25, 0.3) is 11.7 Å². The van der Waals surface area contributed by atoms with Gasteiger partial charge in [-0.3, -0.25) is 9.59 Å². The number of furan rings is 1. The largest absolute Gasteiger partial charge is 0.507 e. The van der Waals surface area contributed by atoms with E-state index in [2.05, 4.69) is 0 Å². The minimum absolute atomic E-state index is 0.00841. The maximum atomic E-state index is 13.3. The molecule has 0 saturated carbocycles. The molecule has 3 aromatic rings. The zero-order valence-electron chi connectivity index (χ0n) is 21.2. The molecule has 4 rings (SSSR count). The lowest BCUT2D eigenvalue weighted by atomic mass is 9.84. The normalized spacial score (nSPS) is 17.5. The quantitative estimate of drug-likeness (QED) is 0.264. The van der Waals surface area contributed by atoms with Crippen LogP contribution < -0.4 is 9.47 Å². The monoisotopic (exact) mass is 489 g/mol. The third-order valence-corrected chi connectivity index (χ3v) is 6.22. The van der Waals surface area contributed by atoms with Gasteiger partial charge in [-0.15, -0.1) is 0 Å². The molecule has 1 aromatic heterocycles. The summed E-state index contributed by atoms with van der Waals surface area (Å²) in [5, 5.41) is 11.4. The van der Waals surface area contributed by atoms with Gasteiger partial charge in [0.05, 0.1) is 25.6 Å². The van der Waals surface area contributed by atoms with Crippen molar-refractivity contribution < 1.29 is 28.6 Å². The summed E-state index contributed by atoms with van der Waals surface area (Å²) < 4.78 is 16.6. The van der Waals surface area contributed by atoms with Crippen molar-refractivity contribution in [2.75, 3.05) is 13.7 Å². The van der Waals surface area contributed by atoms with E-state index in [4.69, 9.17) is 13.9 Å². The van der Waals surface area contributed by atoms with Crippen molar-refractivity contribution >= 4 is 17.4 Å². The van der Waals surface area contributed by atoms with E-state index in [9.17, 15) is 14.7 Å². The molecule has 2 heterocycles. The van der Waals surface area contributed by atoms with E-state index >= 15 is 0 Å². The van der Waals surface area contributed by atoms with E-state index in [0.717, 1.165) is 16.9 Å². The van der Waals surface area contributed by atoms with Crippen LogP contribution in [0.15, 0.2) is 70.9 Å². The molecule has 0 aliphatic carbocycles. The number of rotatable bonds is 7. The number of methoxy groups -OCH3 is 1. The predicted octanol–water partition coefficient (Wildman–Crippen LogP) is 5.61. The number of ether oxygens (including phenoxy) is 2. The fourth-order valence-corrected chi connectivity index (χ4v) is 4.44. The summed E-state index contributed by atoms with van der Waals surface area (Å²) in [6.07, 6.45) is 1.48. The molecule has 1 amide bonds. The Morgan fingerprint density at radius 3 is 2.39 bits per heavy atom. The van der Waals surface area contributed by atoms with Crippen molar-refractivity contribution in [1.82, 2.24) is 4.90 Å². The Labute approximate surface area is 210 Å². The van der Waals surface area contributed by atoms with Crippen molar-refractivity contribution in [1.29, 1.82) is 0 Å². The van der Waals surface area contributed by atoms with E-state index in [1.165, 1.54) is 11.2 Å². The molecule has 7 heteroatoms. The smallest absolute Gasteiger partial charge is 0.296 e. The summed E-state index contributed by atoms with van der Waals surface area (Å²) in [4.78, 5) is 27.9. The number of aliphatic hydroxyl groups is 1. The standard InChI is InChI=1S/C29H31NO6/c1-6-35-20-12-9-18(10-13-20)17-30-25(23-8-7-15-36-23)24(27(32)28(30)33)26(31)19-11-14-22(34-5)21(16-19)29(2,3)4/h7-16,25,31H,6,17H2,1-5H3/b26-24-. The molecule has 1 N–H and O–H groups in total. The number of ketones is 1. The SMILES string of the molecule is CCOc1ccc(CN2C(=O)C(=O)/C(=C(\O)c3ccc(OC)c(C(C)(C)C)c3)C2c2ccco2)cc1. The number of Topliss-reactive ketones (excluding diaryl/α,β-unsaturated/α-hetero) is 1. The molecule has 1 aliphatic heterocycles. The molecule has 0 bridgehead atoms. The highest BCUT2D eigenvalue weighted by molar-refractivity contribution is 6.46. The fourth-order valence-electron chi connectivity index (χ4n) is 4.44. The molecule has 7 nitrogen and oxygen atoms in total. The molecule has 1 atom stereocenters. The van der Waals surface area contributed by atoms with Gasteiger partial charge in [-0.2, -0.15) is 0 Å². The first kappa shape index (κ1) is 25.1. The van der Waals surface area contributed by atoms with E-state index in [1.807, 2.05) is 52.0 Å². The number of amides is 1. The minimum atomic E-state index is -0.869. The van der Waals surface area contributed by atoms with Crippen molar-refractivity contribution in [2.45, 2.75) is 45.7 Å². The predicted molar refractivity (Wildman–Crippen MR) is 136 cm³/mol.